The summed E-state index contributed by atoms with van der Waals surface area (Å²) in [5.41, 5.74) is 2.39. The zero-order chi connectivity index (χ0) is 22.4. The highest BCUT2D eigenvalue weighted by Gasteiger charge is 2.24. The van der Waals surface area contributed by atoms with Crippen molar-refractivity contribution in [3.8, 4) is 5.69 Å². The Labute approximate surface area is 186 Å². The zero-order valence-electron chi connectivity index (χ0n) is 17.3. The number of rotatable bonds is 4. The van der Waals surface area contributed by atoms with Gasteiger partial charge in [0.1, 0.15) is 17.1 Å². The number of hydrogen-bond acceptors (Lipinski definition) is 4. The van der Waals surface area contributed by atoms with Crippen LogP contribution in [0.4, 0.5) is 4.39 Å². The molecular formula is C24H20FN3O3S. The van der Waals surface area contributed by atoms with Crippen LogP contribution in [0.25, 0.3) is 15.9 Å². The highest BCUT2D eigenvalue weighted by atomic mass is 32.1. The second kappa shape index (κ2) is 7.87. The quantitative estimate of drug-likeness (QED) is 0.519. The Kier molecular flexibility index (Phi) is 5.01. The Balaban J connectivity index is 1.55. The fourth-order valence-corrected chi connectivity index (χ4v) is 5.24. The molecule has 2 aromatic heterocycles. The van der Waals surface area contributed by atoms with Crippen LogP contribution in [0.1, 0.15) is 29.2 Å². The Bertz CT molecular complexity index is 1480. The van der Waals surface area contributed by atoms with E-state index in [4.69, 9.17) is 0 Å². The molecule has 1 aliphatic carbocycles. The van der Waals surface area contributed by atoms with Crippen molar-refractivity contribution in [2.24, 2.45) is 0 Å². The van der Waals surface area contributed by atoms with E-state index in [0.29, 0.717) is 21.5 Å². The number of carbonyl (C=O) groups excluding carboxylic acids is 1. The summed E-state index contributed by atoms with van der Waals surface area (Å²) in [5.74, 6) is -0.754. The minimum absolute atomic E-state index is 0.0994. The van der Waals surface area contributed by atoms with Gasteiger partial charge in [0.05, 0.1) is 17.2 Å². The van der Waals surface area contributed by atoms with Crippen molar-refractivity contribution in [2.45, 2.75) is 32.4 Å². The lowest BCUT2D eigenvalue weighted by atomic mass is 10.1. The molecule has 4 aromatic rings. The number of nitrogens with zero attached hydrogens (tertiary/aromatic N) is 2. The van der Waals surface area contributed by atoms with Gasteiger partial charge >= 0.3 is 5.69 Å². The summed E-state index contributed by atoms with van der Waals surface area (Å²) in [7, 11) is 0. The first-order valence-electron chi connectivity index (χ1n) is 10.3. The van der Waals surface area contributed by atoms with E-state index in [1.165, 1.54) is 39.7 Å². The van der Waals surface area contributed by atoms with Gasteiger partial charge in [-0.3, -0.25) is 14.2 Å². The third-order valence-electron chi connectivity index (χ3n) is 5.92. The molecule has 0 spiro atoms. The van der Waals surface area contributed by atoms with Crippen LogP contribution in [0.3, 0.4) is 0 Å². The van der Waals surface area contributed by atoms with Gasteiger partial charge in [-0.15, -0.1) is 11.3 Å². The molecule has 2 aromatic carbocycles. The molecule has 1 N–H and O–H groups in total. The monoisotopic (exact) mass is 449 g/mol. The first-order valence-corrected chi connectivity index (χ1v) is 11.2. The minimum atomic E-state index is -0.627. The van der Waals surface area contributed by atoms with Crippen molar-refractivity contribution < 1.29 is 9.18 Å². The SMILES string of the molecule is Cc1cc(F)ccc1-n1c(=O)c2sccc2n(CC(=O)N[C@@H]2CCc3ccccc32)c1=O. The molecule has 0 fully saturated rings. The molecule has 162 valence electrons. The van der Waals surface area contributed by atoms with Gasteiger partial charge in [0, 0.05) is 0 Å². The van der Waals surface area contributed by atoms with E-state index < -0.39 is 17.1 Å². The lowest BCUT2D eigenvalue weighted by molar-refractivity contribution is -0.122. The van der Waals surface area contributed by atoms with Crippen LogP contribution in [0.5, 0.6) is 0 Å². The molecule has 2 heterocycles. The predicted octanol–water partition coefficient (Wildman–Crippen LogP) is 3.47. The molecule has 0 unspecified atom stereocenters. The van der Waals surface area contributed by atoms with E-state index in [1.54, 1.807) is 18.4 Å². The number of hydrogen-bond donors (Lipinski definition) is 1. The van der Waals surface area contributed by atoms with Crippen molar-refractivity contribution in [3.63, 3.8) is 0 Å². The number of thiophene rings is 1. The summed E-state index contributed by atoms with van der Waals surface area (Å²) in [6.07, 6.45) is 1.70. The maximum Gasteiger partial charge on any atom is 0.336 e. The van der Waals surface area contributed by atoms with E-state index in [1.807, 2.05) is 18.2 Å². The summed E-state index contributed by atoms with van der Waals surface area (Å²) >= 11 is 1.21. The summed E-state index contributed by atoms with van der Waals surface area (Å²) in [6, 6.07) is 13.5. The molecule has 5 rings (SSSR count). The van der Waals surface area contributed by atoms with E-state index in [2.05, 4.69) is 11.4 Å². The Morgan fingerprint density at radius 2 is 2.00 bits per heavy atom. The molecule has 0 saturated carbocycles. The summed E-state index contributed by atoms with van der Waals surface area (Å²) in [5, 5.41) is 4.75. The van der Waals surface area contributed by atoms with Gasteiger partial charge in [-0.1, -0.05) is 24.3 Å². The number of benzene rings is 2. The molecule has 32 heavy (non-hydrogen) atoms. The van der Waals surface area contributed by atoms with Crippen LogP contribution in [0.15, 0.2) is 63.5 Å². The first kappa shape index (κ1) is 20.4. The fraction of sp³-hybridized carbons (Fsp3) is 0.208. The molecule has 0 saturated heterocycles. The summed E-state index contributed by atoms with van der Waals surface area (Å²) in [4.78, 5) is 39.4. The van der Waals surface area contributed by atoms with Crippen LogP contribution >= 0.6 is 11.3 Å². The highest BCUT2D eigenvalue weighted by Crippen LogP contribution is 2.30. The van der Waals surface area contributed by atoms with Crippen molar-refractivity contribution in [1.82, 2.24) is 14.5 Å². The van der Waals surface area contributed by atoms with Crippen LogP contribution in [0, 0.1) is 12.7 Å². The second-order valence-electron chi connectivity index (χ2n) is 7.93. The third-order valence-corrected chi connectivity index (χ3v) is 6.82. The van der Waals surface area contributed by atoms with Gasteiger partial charge in [-0.2, -0.15) is 0 Å². The number of aromatic nitrogens is 2. The number of amides is 1. The van der Waals surface area contributed by atoms with E-state index in [-0.39, 0.29) is 18.5 Å². The second-order valence-corrected chi connectivity index (χ2v) is 8.85. The maximum atomic E-state index is 13.6. The van der Waals surface area contributed by atoms with E-state index >= 15 is 0 Å². The van der Waals surface area contributed by atoms with Crippen molar-refractivity contribution in [1.29, 1.82) is 0 Å². The smallest absolute Gasteiger partial charge is 0.336 e. The molecule has 6 nitrogen and oxygen atoms in total. The van der Waals surface area contributed by atoms with Gasteiger partial charge in [-0.05, 0) is 66.1 Å². The van der Waals surface area contributed by atoms with Crippen LogP contribution in [-0.4, -0.2) is 15.0 Å². The topological polar surface area (TPSA) is 73.1 Å². The molecule has 0 radical (unpaired) electrons. The number of carbonyl (C=O) groups is 1. The number of fused-ring (bicyclic) bond motifs is 2. The van der Waals surface area contributed by atoms with Gasteiger partial charge in [-0.25, -0.2) is 13.8 Å². The molecule has 1 aliphatic rings. The maximum absolute atomic E-state index is 13.6. The molecular weight excluding hydrogens is 429 g/mol. The molecule has 1 amide bonds. The number of nitrogens with one attached hydrogen (secondary N) is 1. The Hall–Kier alpha value is -3.52. The van der Waals surface area contributed by atoms with Gasteiger partial charge < -0.3 is 5.32 Å². The van der Waals surface area contributed by atoms with Crippen LogP contribution in [-0.2, 0) is 17.8 Å². The predicted molar refractivity (Wildman–Crippen MR) is 122 cm³/mol. The average molecular weight is 450 g/mol. The summed E-state index contributed by atoms with van der Waals surface area (Å²) in [6.45, 7) is 1.42. The zero-order valence-corrected chi connectivity index (χ0v) is 18.1. The molecule has 8 heteroatoms. The highest BCUT2D eigenvalue weighted by molar-refractivity contribution is 7.17. The van der Waals surface area contributed by atoms with Crippen molar-refractivity contribution in [2.75, 3.05) is 0 Å². The first-order chi connectivity index (χ1) is 15.4. The van der Waals surface area contributed by atoms with Crippen molar-refractivity contribution in [3.05, 3.63) is 97.3 Å². The number of halogens is 1. The van der Waals surface area contributed by atoms with E-state index in [0.717, 1.165) is 23.0 Å². The molecule has 1 atom stereocenters. The Morgan fingerprint density at radius 3 is 2.81 bits per heavy atom. The van der Waals surface area contributed by atoms with Gasteiger partial charge in [0.15, 0.2) is 0 Å². The standard InChI is InChI=1S/C24H20FN3O3S/c1-14-12-16(25)7-9-19(14)28-23(30)22-20(10-11-32-22)27(24(28)31)13-21(29)26-18-8-6-15-4-2-3-5-17(15)18/h2-5,7,9-12,18H,6,8,13H2,1H3,(H,26,29)/t18-/m1/s1. The normalized spacial score (nSPS) is 15.1. The molecule has 0 bridgehead atoms. The third kappa shape index (κ3) is 3.36. The summed E-state index contributed by atoms with van der Waals surface area (Å²) < 4.78 is 16.3. The number of aryl methyl sites for hydroxylation is 2. The molecule has 0 aliphatic heterocycles. The average Bonchev–Trinajstić information content (AvgIpc) is 3.41. The van der Waals surface area contributed by atoms with Crippen molar-refractivity contribution >= 4 is 27.5 Å². The van der Waals surface area contributed by atoms with E-state index in [9.17, 15) is 18.8 Å². The van der Waals surface area contributed by atoms with Gasteiger partial charge in [0.2, 0.25) is 5.91 Å². The van der Waals surface area contributed by atoms with Crippen LogP contribution < -0.4 is 16.6 Å². The lowest BCUT2D eigenvalue weighted by Crippen LogP contribution is -2.42. The largest absolute Gasteiger partial charge is 0.348 e. The minimum Gasteiger partial charge on any atom is -0.348 e. The fourth-order valence-electron chi connectivity index (χ4n) is 4.41. The lowest BCUT2D eigenvalue weighted by Gasteiger charge is -2.17. The van der Waals surface area contributed by atoms with Crippen LogP contribution in [0.2, 0.25) is 0 Å². The van der Waals surface area contributed by atoms with Gasteiger partial charge in [0.25, 0.3) is 5.56 Å². The Morgan fingerprint density at radius 1 is 1.19 bits per heavy atom.